The van der Waals surface area contributed by atoms with Crippen molar-refractivity contribution in [2.45, 2.75) is 13.5 Å². The van der Waals surface area contributed by atoms with E-state index in [9.17, 15) is 0 Å². The van der Waals surface area contributed by atoms with E-state index in [-0.39, 0.29) is 0 Å². The maximum atomic E-state index is 5.77. The summed E-state index contributed by atoms with van der Waals surface area (Å²) in [4.78, 5) is 0. The zero-order valence-corrected chi connectivity index (χ0v) is 10.4. The first kappa shape index (κ1) is 11.7. The van der Waals surface area contributed by atoms with E-state index < -0.39 is 0 Å². The van der Waals surface area contributed by atoms with E-state index in [1.165, 1.54) is 0 Å². The van der Waals surface area contributed by atoms with E-state index in [4.69, 9.17) is 10.5 Å². The lowest BCUT2D eigenvalue weighted by atomic mass is 10.00. The highest BCUT2D eigenvalue weighted by Gasteiger charge is 2.11. The number of aryl methyl sites for hydroxylation is 1. The number of rotatable bonds is 3. The van der Waals surface area contributed by atoms with Crippen molar-refractivity contribution in [1.29, 1.82) is 0 Å². The van der Waals surface area contributed by atoms with Crippen molar-refractivity contribution in [1.82, 2.24) is 9.78 Å². The number of nitrogens with two attached hydrogens (primary N) is 1. The highest BCUT2D eigenvalue weighted by molar-refractivity contribution is 5.70. The number of methoxy groups -OCH3 is 1. The summed E-state index contributed by atoms with van der Waals surface area (Å²) in [7, 11) is 3.60. The van der Waals surface area contributed by atoms with Gasteiger partial charge in [-0.05, 0) is 30.2 Å². The van der Waals surface area contributed by atoms with Crippen molar-refractivity contribution in [3.8, 4) is 16.9 Å². The molecule has 0 aliphatic rings. The highest BCUT2D eigenvalue weighted by atomic mass is 16.5. The third kappa shape index (κ3) is 2.03. The molecule has 0 aliphatic carbocycles. The fourth-order valence-electron chi connectivity index (χ4n) is 1.87. The van der Waals surface area contributed by atoms with Crippen LogP contribution in [0.3, 0.4) is 0 Å². The average Bonchev–Trinajstić information content (AvgIpc) is 2.69. The second kappa shape index (κ2) is 4.59. The van der Waals surface area contributed by atoms with Crippen LogP contribution in [-0.4, -0.2) is 16.9 Å². The van der Waals surface area contributed by atoms with Crippen molar-refractivity contribution < 1.29 is 4.74 Å². The van der Waals surface area contributed by atoms with Crippen LogP contribution >= 0.6 is 0 Å². The predicted molar refractivity (Wildman–Crippen MR) is 67.8 cm³/mol. The molecule has 4 nitrogen and oxygen atoms in total. The molecule has 90 valence electrons. The zero-order chi connectivity index (χ0) is 12.4. The van der Waals surface area contributed by atoms with Gasteiger partial charge in [-0.25, -0.2) is 0 Å². The summed E-state index contributed by atoms with van der Waals surface area (Å²) in [5, 5.41) is 4.26. The molecular weight excluding hydrogens is 214 g/mol. The van der Waals surface area contributed by atoms with Crippen molar-refractivity contribution in [2.75, 3.05) is 7.11 Å². The Morgan fingerprint density at radius 3 is 2.65 bits per heavy atom. The molecule has 1 heterocycles. The minimum Gasteiger partial charge on any atom is -0.497 e. The van der Waals surface area contributed by atoms with E-state index in [2.05, 4.69) is 5.10 Å². The Bertz CT molecular complexity index is 531. The molecule has 0 unspecified atom stereocenters. The standard InChI is InChI=1S/C13H17N3O/c1-9-13(8-15-16(9)2)12-6-11(17-3)5-4-10(12)7-14/h4-6,8H,7,14H2,1-3H3. The molecule has 0 fully saturated rings. The number of aromatic nitrogens is 2. The first-order valence-electron chi connectivity index (χ1n) is 5.53. The number of benzene rings is 1. The van der Waals surface area contributed by atoms with Gasteiger partial charge in [0.2, 0.25) is 0 Å². The normalized spacial score (nSPS) is 10.6. The lowest BCUT2D eigenvalue weighted by Crippen LogP contribution is -2.00. The van der Waals surface area contributed by atoms with Crippen LogP contribution in [0, 0.1) is 6.92 Å². The molecule has 0 radical (unpaired) electrons. The summed E-state index contributed by atoms with van der Waals surface area (Å²) in [5.41, 5.74) is 10.2. The molecule has 1 aromatic carbocycles. The second-order valence-electron chi connectivity index (χ2n) is 3.99. The van der Waals surface area contributed by atoms with Gasteiger partial charge >= 0.3 is 0 Å². The Morgan fingerprint density at radius 2 is 2.12 bits per heavy atom. The lowest BCUT2D eigenvalue weighted by Gasteiger charge is -2.09. The Kier molecular flexibility index (Phi) is 3.15. The van der Waals surface area contributed by atoms with Crippen LogP contribution in [0.4, 0.5) is 0 Å². The molecule has 2 aromatic rings. The third-order valence-electron chi connectivity index (χ3n) is 3.06. The molecule has 2 N–H and O–H groups in total. The summed E-state index contributed by atoms with van der Waals surface area (Å²) in [6.45, 7) is 2.55. The first-order valence-corrected chi connectivity index (χ1v) is 5.53. The largest absolute Gasteiger partial charge is 0.497 e. The summed E-state index contributed by atoms with van der Waals surface area (Å²) < 4.78 is 7.11. The molecule has 0 spiro atoms. The number of hydrogen-bond acceptors (Lipinski definition) is 3. The van der Waals surface area contributed by atoms with E-state index in [0.29, 0.717) is 6.54 Å². The average molecular weight is 231 g/mol. The van der Waals surface area contributed by atoms with Gasteiger partial charge < -0.3 is 10.5 Å². The molecule has 0 atom stereocenters. The minimum absolute atomic E-state index is 0.508. The van der Waals surface area contributed by atoms with Gasteiger partial charge in [0.15, 0.2) is 0 Å². The Hall–Kier alpha value is -1.81. The van der Waals surface area contributed by atoms with Gasteiger partial charge in [0.25, 0.3) is 0 Å². The van der Waals surface area contributed by atoms with Crippen LogP contribution in [-0.2, 0) is 13.6 Å². The van der Waals surface area contributed by atoms with Gasteiger partial charge in [-0.3, -0.25) is 4.68 Å². The molecule has 0 saturated carbocycles. The molecule has 1 aromatic heterocycles. The molecule has 0 saturated heterocycles. The van der Waals surface area contributed by atoms with Crippen molar-refractivity contribution in [3.63, 3.8) is 0 Å². The second-order valence-corrected chi connectivity index (χ2v) is 3.99. The van der Waals surface area contributed by atoms with Crippen LogP contribution in [0.5, 0.6) is 5.75 Å². The topological polar surface area (TPSA) is 53.1 Å². The van der Waals surface area contributed by atoms with Gasteiger partial charge in [0.1, 0.15) is 5.75 Å². The quantitative estimate of drug-likeness (QED) is 0.877. The molecule has 0 amide bonds. The van der Waals surface area contributed by atoms with Crippen molar-refractivity contribution in [2.24, 2.45) is 12.8 Å². The van der Waals surface area contributed by atoms with E-state index in [0.717, 1.165) is 28.1 Å². The van der Waals surface area contributed by atoms with Gasteiger partial charge in [-0.15, -0.1) is 0 Å². The van der Waals surface area contributed by atoms with E-state index in [1.54, 1.807) is 7.11 Å². The molecular formula is C13H17N3O. The summed E-state index contributed by atoms with van der Waals surface area (Å²) in [6.07, 6.45) is 1.86. The molecule has 4 heteroatoms. The predicted octanol–water partition coefficient (Wildman–Crippen LogP) is 1.86. The summed E-state index contributed by atoms with van der Waals surface area (Å²) in [5.74, 6) is 0.834. The lowest BCUT2D eigenvalue weighted by molar-refractivity contribution is 0.415. The van der Waals surface area contributed by atoms with Gasteiger partial charge in [0, 0.05) is 24.8 Å². The first-order chi connectivity index (χ1) is 8.17. The maximum Gasteiger partial charge on any atom is 0.119 e. The number of hydrogen-bond donors (Lipinski definition) is 1. The monoisotopic (exact) mass is 231 g/mol. The molecule has 0 bridgehead atoms. The van der Waals surface area contributed by atoms with Gasteiger partial charge in [-0.2, -0.15) is 5.10 Å². The van der Waals surface area contributed by atoms with E-state index >= 15 is 0 Å². The summed E-state index contributed by atoms with van der Waals surface area (Å²) >= 11 is 0. The molecule has 2 rings (SSSR count). The maximum absolute atomic E-state index is 5.77. The van der Waals surface area contributed by atoms with Crippen LogP contribution in [0.15, 0.2) is 24.4 Å². The van der Waals surface area contributed by atoms with Crippen LogP contribution < -0.4 is 10.5 Å². The van der Waals surface area contributed by atoms with Gasteiger partial charge in [-0.1, -0.05) is 6.07 Å². The Morgan fingerprint density at radius 1 is 1.35 bits per heavy atom. The Balaban J connectivity index is 2.60. The fourth-order valence-corrected chi connectivity index (χ4v) is 1.87. The van der Waals surface area contributed by atoms with Crippen LogP contribution in [0.25, 0.3) is 11.1 Å². The molecule has 0 aliphatic heterocycles. The zero-order valence-electron chi connectivity index (χ0n) is 10.4. The van der Waals surface area contributed by atoms with Gasteiger partial charge in [0.05, 0.1) is 13.3 Å². The van der Waals surface area contributed by atoms with Crippen LogP contribution in [0.1, 0.15) is 11.3 Å². The number of ether oxygens (including phenoxy) is 1. The minimum atomic E-state index is 0.508. The highest BCUT2D eigenvalue weighted by Crippen LogP contribution is 2.29. The Labute approximate surface area is 101 Å². The van der Waals surface area contributed by atoms with Crippen molar-refractivity contribution in [3.05, 3.63) is 35.7 Å². The number of nitrogens with zero attached hydrogens (tertiary/aromatic N) is 2. The van der Waals surface area contributed by atoms with Crippen molar-refractivity contribution >= 4 is 0 Å². The fraction of sp³-hybridized carbons (Fsp3) is 0.308. The smallest absolute Gasteiger partial charge is 0.119 e. The third-order valence-corrected chi connectivity index (χ3v) is 3.06. The SMILES string of the molecule is COc1ccc(CN)c(-c2cnn(C)c2C)c1. The van der Waals surface area contributed by atoms with E-state index in [1.807, 2.05) is 43.0 Å². The molecule has 17 heavy (non-hydrogen) atoms. The van der Waals surface area contributed by atoms with Crippen LogP contribution in [0.2, 0.25) is 0 Å². The summed E-state index contributed by atoms with van der Waals surface area (Å²) in [6, 6.07) is 5.93.